The van der Waals surface area contributed by atoms with Crippen LogP contribution in [0.1, 0.15) is 18.0 Å². The Balaban J connectivity index is 1.91. The second kappa shape index (κ2) is 3.49. The summed E-state index contributed by atoms with van der Waals surface area (Å²) in [4.78, 5) is 13.7. The molecule has 0 spiro atoms. The van der Waals surface area contributed by atoms with Crippen molar-refractivity contribution in [2.45, 2.75) is 18.5 Å². The Labute approximate surface area is 94.0 Å². The quantitative estimate of drug-likeness (QED) is 0.754. The summed E-state index contributed by atoms with van der Waals surface area (Å²) in [5.74, 6) is 0.936. The Kier molecular flexibility index (Phi) is 2.11. The molecule has 2 atom stereocenters. The molecule has 2 aliphatic heterocycles. The van der Waals surface area contributed by atoms with Crippen LogP contribution in [0.15, 0.2) is 24.3 Å². The van der Waals surface area contributed by atoms with Gasteiger partial charge in [0, 0.05) is 12.1 Å². The highest BCUT2D eigenvalue weighted by molar-refractivity contribution is 5.84. The fourth-order valence-corrected chi connectivity index (χ4v) is 2.44. The van der Waals surface area contributed by atoms with Crippen LogP contribution in [0, 0.1) is 0 Å². The van der Waals surface area contributed by atoms with E-state index in [-0.39, 0.29) is 18.0 Å². The molecule has 4 nitrogen and oxygen atoms in total. The van der Waals surface area contributed by atoms with E-state index in [1.165, 1.54) is 0 Å². The normalized spacial score (nSPS) is 28.1. The zero-order valence-electron chi connectivity index (χ0n) is 8.93. The third kappa shape index (κ3) is 1.30. The van der Waals surface area contributed by atoms with Gasteiger partial charge in [-0.05, 0) is 12.5 Å². The van der Waals surface area contributed by atoms with Gasteiger partial charge in [-0.1, -0.05) is 18.2 Å². The van der Waals surface area contributed by atoms with Crippen LogP contribution in [0.25, 0.3) is 0 Å². The lowest BCUT2D eigenvalue weighted by Gasteiger charge is -2.22. The van der Waals surface area contributed by atoms with Crippen LogP contribution < -0.4 is 10.5 Å². The van der Waals surface area contributed by atoms with Gasteiger partial charge in [0.15, 0.2) is 0 Å². The van der Waals surface area contributed by atoms with Crippen molar-refractivity contribution in [1.82, 2.24) is 4.90 Å². The second-order valence-electron chi connectivity index (χ2n) is 4.29. The fourth-order valence-electron chi connectivity index (χ4n) is 2.44. The van der Waals surface area contributed by atoms with Crippen LogP contribution in [-0.4, -0.2) is 30.0 Å². The summed E-state index contributed by atoms with van der Waals surface area (Å²) in [5, 5.41) is 0. The molecule has 0 aliphatic carbocycles. The van der Waals surface area contributed by atoms with Crippen molar-refractivity contribution in [2.75, 3.05) is 13.2 Å². The SMILES string of the molecule is NC1CCN(C2COc3ccccc32)C1=O. The number of amides is 1. The molecule has 0 saturated carbocycles. The van der Waals surface area contributed by atoms with E-state index in [0.717, 1.165) is 24.3 Å². The molecule has 3 rings (SSSR count). The molecule has 4 heteroatoms. The first-order valence-corrected chi connectivity index (χ1v) is 5.55. The van der Waals surface area contributed by atoms with Gasteiger partial charge in [0.2, 0.25) is 5.91 Å². The number of carbonyl (C=O) groups is 1. The van der Waals surface area contributed by atoms with Crippen molar-refractivity contribution in [3.05, 3.63) is 29.8 Å². The predicted molar refractivity (Wildman–Crippen MR) is 59.0 cm³/mol. The van der Waals surface area contributed by atoms with Crippen molar-refractivity contribution in [2.24, 2.45) is 5.73 Å². The lowest BCUT2D eigenvalue weighted by atomic mass is 10.1. The number of nitrogens with two attached hydrogens (primary N) is 1. The zero-order valence-corrected chi connectivity index (χ0v) is 8.93. The first kappa shape index (κ1) is 9.66. The number of hydrogen-bond acceptors (Lipinski definition) is 3. The molecule has 0 bridgehead atoms. The third-order valence-electron chi connectivity index (χ3n) is 3.33. The molecule has 0 radical (unpaired) electrons. The first-order chi connectivity index (χ1) is 7.77. The summed E-state index contributed by atoms with van der Waals surface area (Å²) in [5.41, 5.74) is 6.83. The van der Waals surface area contributed by atoms with Gasteiger partial charge in [-0.15, -0.1) is 0 Å². The highest BCUT2D eigenvalue weighted by Gasteiger charge is 2.38. The van der Waals surface area contributed by atoms with Crippen LogP contribution in [0.4, 0.5) is 0 Å². The number of hydrogen-bond donors (Lipinski definition) is 1. The number of likely N-dealkylation sites (tertiary alicyclic amines) is 1. The van der Waals surface area contributed by atoms with E-state index in [1.807, 2.05) is 29.2 Å². The largest absolute Gasteiger partial charge is 0.491 e. The molecule has 0 aromatic heterocycles. The summed E-state index contributed by atoms with van der Waals surface area (Å²) < 4.78 is 5.57. The molecule has 1 aromatic carbocycles. The highest BCUT2D eigenvalue weighted by Crippen LogP contribution is 2.37. The maximum atomic E-state index is 11.8. The van der Waals surface area contributed by atoms with Crippen molar-refractivity contribution in [1.29, 1.82) is 0 Å². The summed E-state index contributed by atoms with van der Waals surface area (Å²) in [7, 11) is 0. The molecule has 2 heterocycles. The van der Waals surface area contributed by atoms with Crippen molar-refractivity contribution in [3.8, 4) is 5.75 Å². The van der Waals surface area contributed by atoms with Crippen molar-refractivity contribution >= 4 is 5.91 Å². The van der Waals surface area contributed by atoms with Gasteiger partial charge in [0.25, 0.3) is 0 Å². The number of para-hydroxylation sites is 1. The van der Waals surface area contributed by atoms with Crippen LogP contribution in [-0.2, 0) is 4.79 Å². The van der Waals surface area contributed by atoms with Crippen molar-refractivity contribution < 1.29 is 9.53 Å². The van der Waals surface area contributed by atoms with Crippen LogP contribution in [0.2, 0.25) is 0 Å². The highest BCUT2D eigenvalue weighted by atomic mass is 16.5. The molecule has 1 saturated heterocycles. The number of fused-ring (bicyclic) bond motifs is 1. The van der Waals surface area contributed by atoms with Crippen LogP contribution in [0.5, 0.6) is 5.75 Å². The Morgan fingerprint density at radius 3 is 2.94 bits per heavy atom. The van der Waals surface area contributed by atoms with E-state index in [0.29, 0.717) is 6.61 Å². The smallest absolute Gasteiger partial charge is 0.240 e. The number of rotatable bonds is 1. The number of ether oxygens (including phenoxy) is 1. The van der Waals surface area contributed by atoms with Gasteiger partial charge < -0.3 is 15.4 Å². The minimum atomic E-state index is -0.326. The van der Waals surface area contributed by atoms with Crippen molar-refractivity contribution in [3.63, 3.8) is 0 Å². The van der Waals surface area contributed by atoms with E-state index in [2.05, 4.69) is 0 Å². The van der Waals surface area contributed by atoms with E-state index in [9.17, 15) is 4.79 Å². The molecule has 2 unspecified atom stereocenters. The molecule has 1 fully saturated rings. The predicted octanol–water partition coefficient (Wildman–Crippen LogP) is 0.680. The van der Waals surface area contributed by atoms with E-state index < -0.39 is 0 Å². The minimum absolute atomic E-state index is 0.0466. The lowest BCUT2D eigenvalue weighted by molar-refractivity contribution is -0.131. The van der Waals surface area contributed by atoms with Gasteiger partial charge in [-0.3, -0.25) is 4.79 Å². The van der Waals surface area contributed by atoms with Gasteiger partial charge in [-0.2, -0.15) is 0 Å². The molecule has 16 heavy (non-hydrogen) atoms. The second-order valence-corrected chi connectivity index (χ2v) is 4.29. The Morgan fingerprint density at radius 1 is 1.38 bits per heavy atom. The molecule has 1 aromatic rings. The monoisotopic (exact) mass is 218 g/mol. The third-order valence-corrected chi connectivity index (χ3v) is 3.33. The Morgan fingerprint density at radius 2 is 2.19 bits per heavy atom. The summed E-state index contributed by atoms with van der Waals surface area (Å²) in [6.07, 6.45) is 0.748. The number of benzene rings is 1. The molecular weight excluding hydrogens is 204 g/mol. The summed E-state index contributed by atoms with van der Waals surface area (Å²) >= 11 is 0. The lowest BCUT2D eigenvalue weighted by Crippen LogP contribution is -2.37. The van der Waals surface area contributed by atoms with Crippen LogP contribution >= 0.6 is 0 Å². The fraction of sp³-hybridized carbons (Fsp3) is 0.417. The maximum Gasteiger partial charge on any atom is 0.240 e. The van der Waals surface area contributed by atoms with Gasteiger partial charge in [-0.25, -0.2) is 0 Å². The molecule has 84 valence electrons. The minimum Gasteiger partial charge on any atom is -0.491 e. The molecule has 2 aliphatic rings. The van der Waals surface area contributed by atoms with E-state index in [1.54, 1.807) is 0 Å². The maximum absolute atomic E-state index is 11.8. The standard InChI is InChI=1S/C12H14N2O2/c13-9-5-6-14(12(9)15)10-7-16-11-4-2-1-3-8(10)11/h1-4,9-10H,5-7,13H2. The molecule has 1 amide bonds. The summed E-state index contributed by atoms with van der Waals surface area (Å²) in [6, 6.07) is 7.60. The average molecular weight is 218 g/mol. The number of nitrogens with zero attached hydrogens (tertiary/aromatic N) is 1. The van der Waals surface area contributed by atoms with Crippen LogP contribution in [0.3, 0.4) is 0 Å². The first-order valence-electron chi connectivity index (χ1n) is 5.55. The molecular formula is C12H14N2O2. The van der Waals surface area contributed by atoms with Gasteiger partial charge in [0.1, 0.15) is 12.4 Å². The average Bonchev–Trinajstić information content (AvgIpc) is 2.85. The van der Waals surface area contributed by atoms with E-state index >= 15 is 0 Å². The molecule has 2 N–H and O–H groups in total. The van der Waals surface area contributed by atoms with E-state index in [4.69, 9.17) is 10.5 Å². The topological polar surface area (TPSA) is 55.6 Å². The Bertz CT molecular complexity index is 433. The van der Waals surface area contributed by atoms with Gasteiger partial charge >= 0.3 is 0 Å². The van der Waals surface area contributed by atoms with Gasteiger partial charge in [0.05, 0.1) is 12.1 Å². The summed E-state index contributed by atoms with van der Waals surface area (Å²) in [6.45, 7) is 1.29. The number of carbonyl (C=O) groups excluding carboxylic acids is 1. The zero-order chi connectivity index (χ0) is 11.1. The Hall–Kier alpha value is -1.55.